The lowest BCUT2D eigenvalue weighted by molar-refractivity contribution is 0.111. The van der Waals surface area contributed by atoms with E-state index >= 15 is 0 Å². The number of carbonyl (C=O) groups is 1. The normalized spacial score (nSPS) is 15.8. The average molecular weight is 242 g/mol. The third-order valence-corrected chi connectivity index (χ3v) is 2.77. The Labute approximate surface area is 98.0 Å². The van der Waals surface area contributed by atoms with Gasteiger partial charge >= 0.3 is 6.09 Å². The van der Waals surface area contributed by atoms with E-state index in [0.29, 0.717) is 18.2 Å². The minimum atomic E-state index is -0.881. The van der Waals surface area contributed by atoms with Crippen LogP contribution in [0.3, 0.4) is 0 Å². The number of likely N-dealkylation sites (tertiary alicyclic amines) is 1. The first kappa shape index (κ1) is 11.0. The van der Waals surface area contributed by atoms with Gasteiger partial charge in [0.1, 0.15) is 11.0 Å². The predicted molar refractivity (Wildman–Crippen MR) is 61.0 cm³/mol. The molecule has 0 bridgehead atoms. The Kier molecular flexibility index (Phi) is 2.87. The van der Waals surface area contributed by atoms with Gasteiger partial charge in [0.2, 0.25) is 0 Å². The molecule has 2 heterocycles. The van der Waals surface area contributed by atoms with Gasteiger partial charge in [-0.25, -0.2) is 9.78 Å². The van der Waals surface area contributed by atoms with Gasteiger partial charge in [0.05, 0.1) is 6.04 Å². The summed E-state index contributed by atoms with van der Waals surface area (Å²) in [6.45, 7) is 2.91. The number of halogens is 1. The summed E-state index contributed by atoms with van der Waals surface area (Å²) >= 11 is 5.78. The van der Waals surface area contributed by atoms with Gasteiger partial charge in [0.25, 0.3) is 0 Å². The van der Waals surface area contributed by atoms with E-state index in [2.05, 4.69) is 10.3 Å². The van der Waals surface area contributed by atoms with Gasteiger partial charge in [-0.3, -0.25) is 0 Å². The molecule has 0 aromatic carbocycles. The summed E-state index contributed by atoms with van der Waals surface area (Å²) in [5.74, 6) is 0.725. The first-order chi connectivity index (χ1) is 7.56. The van der Waals surface area contributed by atoms with Crippen molar-refractivity contribution < 1.29 is 9.90 Å². The molecule has 0 radical (unpaired) electrons. The molecular formula is C10H12ClN3O2. The maximum atomic E-state index is 10.6. The molecule has 1 saturated heterocycles. The quantitative estimate of drug-likeness (QED) is 0.776. The highest BCUT2D eigenvalue weighted by atomic mass is 35.5. The van der Waals surface area contributed by atoms with E-state index in [0.717, 1.165) is 11.4 Å². The molecular weight excluding hydrogens is 230 g/mol. The van der Waals surface area contributed by atoms with E-state index in [1.807, 2.05) is 13.0 Å². The van der Waals surface area contributed by atoms with Crippen molar-refractivity contribution in [1.29, 1.82) is 0 Å². The molecule has 5 nitrogen and oxygen atoms in total. The number of aromatic nitrogens is 1. The second kappa shape index (κ2) is 4.17. The molecule has 86 valence electrons. The number of nitrogens with one attached hydrogen (secondary N) is 1. The predicted octanol–water partition coefficient (Wildman–Crippen LogP) is 1.82. The van der Waals surface area contributed by atoms with Crippen LogP contribution in [0.1, 0.15) is 5.56 Å². The molecule has 6 heteroatoms. The molecule has 16 heavy (non-hydrogen) atoms. The van der Waals surface area contributed by atoms with Gasteiger partial charge in [0.15, 0.2) is 0 Å². The zero-order chi connectivity index (χ0) is 11.7. The highest BCUT2D eigenvalue weighted by Gasteiger charge is 2.30. The lowest BCUT2D eigenvalue weighted by atomic mass is 10.1. The Hall–Kier alpha value is -1.49. The third kappa shape index (κ3) is 2.19. The largest absolute Gasteiger partial charge is 0.465 e. The Morgan fingerprint density at radius 1 is 1.62 bits per heavy atom. The lowest BCUT2D eigenvalue weighted by Crippen LogP contribution is -2.56. The van der Waals surface area contributed by atoms with Crippen LogP contribution in [0.25, 0.3) is 0 Å². The van der Waals surface area contributed by atoms with Gasteiger partial charge < -0.3 is 15.3 Å². The summed E-state index contributed by atoms with van der Waals surface area (Å²) in [6, 6.07) is 3.73. The number of pyridine rings is 1. The van der Waals surface area contributed by atoms with E-state index in [-0.39, 0.29) is 6.04 Å². The van der Waals surface area contributed by atoms with E-state index in [9.17, 15) is 4.79 Å². The van der Waals surface area contributed by atoms with Crippen molar-refractivity contribution in [3.05, 3.63) is 22.8 Å². The van der Waals surface area contributed by atoms with Gasteiger partial charge in [-0.15, -0.1) is 0 Å². The molecule has 0 unspecified atom stereocenters. The molecule has 0 spiro atoms. The Morgan fingerprint density at radius 3 is 2.94 bits per heavy atom. The lowest BCUT2D eigenvalue weighted by Gasteiger charge is -2.37. The number of anilines is 1. The van der Waals surface area contributed by atoms with Crippen LogP contribution in [0.5, 0.6) is 0 Å². The number of carboxylic acid groups (broad SMARTS) is 1. The number of rotatable bonds is 2. The summed E-state index contributed by atoms with van der Waals surface area (Å²) < 4.78 is 0. The molecule has 0 atom stereocenters. The highest BCUT2D eigenvalue weighted by molar-refractivity contribution is 6.29. The molecule has 1 aliphatic heterocycles. The van der Waals surface area contributed by atoms with E-state index in [1.165, 1.54) is 4.90 Å². The van der Waals surface area contributed by atoms with E-state index < -0.39 is 6.09 Å². The van der Waals surface area contributed by atoms with Crippen LogP contribution in [-0.4, -0.2) is 40.2 Å². The summed E-state index contributed by atoms with van der Waals surface area (Å²) in [6.07, 6.45) is -0.881. The van der Waals surface area contributed by atoms with Crippen molar-refractivity contribution in [1.82, 2.24) is 9.88 Å². The minimum Gasteiger partial charge on any atom is -0.465 e. The number of hydrogen-bond donors (Lipinski definition) is 2. The van der Waals surface area contributed by atoms with E-state index in [1.54, 1.807) is 6.07 Å². The minimum absolute atomic E-state index is 0.126. The van der Waals surface area contributed by atoms with Crippen LogP contribution >= 0.6 is 11.6 Å². The number of aryl methyl sites for hydroxylation is 1. The van der Waals surface area contributed by atoms with E-state index in [4.69, 9.17) is 16.7 Å². The highest BCUT2D eigenvalue weighted by Crippen LogP contribution is 2.19. The fourth-order valence-corrected chi connectivity index (χ4v) is 1.72. The second-order valence-electron chi connectivity index (χ2n) is 3.83. The molecule has 1 aliphatic rings. The van der Waals surface area contributed by atoms with Crippen LogP contribution in [0.15, 0.2) is 12.1 Å². The average Bonchev–Trinajstić information content (AvgIpc) is 2.15. The standard InChI is InChI=1S/C10H12ClN3O2/c1-6-2-3-8(11)13-9(6)12-7-4-14(5-7)10(15)16/h2-3,7H,4-5H2,1H3,(H,12,13)(H,15,16). The maximum Gasteiger partial charge on any atom is 0.407 e. The van der Waals surface area contributed by atoms with Gasteiger partial charge in [-0.05, 0) is 18.6 Å². The van der Waals surface area contributed by atoms with Crippen LogP contribution < -0.4 is 5.32 Å². The molecule has 2 N–H and O–H groups in total. The van der Waals surface area contributed by atoms with Crippen molar-refractivity contribution >= 4 is 23.5 Å². The third-order valence-electron chi connectivity index (χ3n) is 2.56. The zero-order valence-corrected chi connectivity index (χ0v) is 9.53. The smallest absolute Gasteiger partial charge is 0.407 e. The molecule has 1 fully saturated rings. The van der Waals surface area contributed by atoms with Gasteiger partial charge in [0, 0.05) is 13.1 Å². The Morgan fingerprint density at radius 2 is 2.31 bits per heavy atom. The molecule has 0 saturated carbocycles. The van der Waals surface area contributed by atoms with Crippen LogP contribution in [0.2, 0.25) is 5.15 Å². The van der Waals surface area contributed by atoms with Crippen LogP contribution in [0.4, 0.5) is 10.6 Å². The van der Waals surface area contributed by atoms with Crippen molar-refractivity contribution in [2.24, 2.45) is 0 Å². The number of amides is 1. The molecule has 1 amide bonds. The molecule has 1 aromatic heterocycles. The topological polar surface area (TPSA) is 65.5 Å². The fraction of sp³-hybridized carbons (Fsp3) is 0.400. The van der Waals surface area contributed by atoms with Gasteiger partial charge in [-0.1, -0.05) is 17.7 Å². The monoisotopic (exact) mass is 241 g/mol. The zero-order valence-electron chi connectivity index (χ0n) is 8.77. The number of nitrogens with zero attached hydrogens (tertiary/aromatic N) is 2. The summed E-state index contributed by atoms with van der Waals surface area (Å²) in [4.78, 5) is 16.1. The van der Waals surface area contributed by atoms with Crippen molar-refractivity contribution in [3.8, 4) is 0 Å². The van der Waals surface area contributed by atoms with Crippen molar-refractivity contribution in [2.45, 2.75) is 13.0 Å². The second-order valence-corrected chi connectivity index (χ2v) is 4.22. The Balaban J connectivity index is 1.96. The summed E-state index contributed by atoms with van der Waals surface area (Å²) in [5, 5.41) is 12.3. The fourth-order valence-electron chi connectivity index (χ4n) is 1.57. The maximum absolute atomic E-state index is 10.6. The Bertz CT molecular complexity index is 419. The van der Waals surface area contributed by atoms with Crippen molar-refractivity contribution in [3.63, 3.8) is 0 Å². The van der Waals surface area contributed by atoms with Crippen LogP contribution in [0, 0.1) is 6.92 Å². The molecule has 2 rings (SSSR count). The first-order valence-electron chi connectivity index (χ1n) is 4.94. The van der Waals surface area contributed by atoms with Crippen LogP contribution in [-0.2, 0) is 0 Å². The summed E-state index contributed by atoms with van der Waals surface area (Å²) in [5.41, 5.74) is 0.998. The molecule has 0 aliphatic carbocycles. The number of hydrogen-bond acceptors (Lipinski definition) is 3. The van der Waals surface area contributed by atoms with Gasteiger partial charge in [-0.2, -0.15) is 0 Å². The first-order valence-corrected chi connectivity index (χ1v) is 5.31. The van der Waals surface area contributed by atoms with Crippen molar-refractivity contribution in [2.75, 3.05) is 18.4 Å². The summed E-state index contributed by atoms with van der Waals surface area (Å²) in [7, 11) is 0. The molecule has 1 aromatic rings. The SMILES string of the molecule is Cc1ccc(Cl)nc1NC1CN(C(=O)O)C1.